The smallest absolute Gasteiger partial charge is 0.257 e. The molecule has 2 rings (SSSR count). The highest BCUT2D eigenvalue weighted by atomic mass is 32.1. The van der Waals surface area contributed by atoms with E-state index in [0.717, 1.165) is 22.6 Å². The average Bonchev–Trinajstić information content (AvgIpc) is 2.75. The predicted molar refractivity (Wildman–Crippen MR) is 73.2 cm³/mol. The van der Waals surface area contributed by atoms with Crippen LogP contribution < -0.4 is 5.32 Å². The van der Waals surface area contributed by atoms with Crippen LogP contribution in [-0.4, -0.2) is 16.1 Å². The molecule has 0 atom stereocenters. The van der Waals surface area contributed by atoms with Crippen molar-refractivity contribution in [1.82, 2.24) is 10.2 Å². The quantitative estimate of drug-likeness (QED) is 0.924. The van der Waals surface area contributed by atoms with Crippen LogP contribution in [0.3, 0.4) is 0 Å². The van der Waals surface area contributed by atoms with Gasteiger partial charge in [0, 0.05) is 5.56 Å². The largest absolute Gasteiger partial charge is 0.296 e. The molecule has 4 nitrogen and oxygen atoms in total. The number of carbonyl (C=O) groups is 1. The lowest BCUT2D eigenvalue weighted by Crippen LogP contribution is -2.12. The van der Waals surface area contributed by atoms with Gasteiger partial charge >= 0.3 is 0 Å². The van der Waals surface area contributed by atoms with Crippen LogP contribution in [0, 0.1) is 13.8 Å². The van der Waals surface area contributed by atoms with Crippen LogP contribution in [0.5, 0.6) is 0 Å². The van der Waals surface area contributed by atoms with Crippen molar-refractivity contribution >= 4 is 22.4 Å². The van der Waals surface area contributed by atoms with E-state index in [0.29, 0.717) is 10.7 Å². The summed E-state index contributed by atoms with van der Waals surface area (Å²) in [6, 6.07) is 5.77. The van der Waals surface area contributed by atoms with Crippen LogP contribution in [0.15, 0.2) is 18.2 Å². The summed E-state index contributed by atoms with van der Waals surface area (Å²) in [4.78, 5) is 12.0. The zero-order valence-corrected chi connectivity index (χ0v) is 11.5. The van der Waals surface area contributed by atoms with Gasteiger partial charge in [0.1, 0.15) is 5.01 Å². The number of hydrogen-bond donors (Lipinski definition) is 1. The minimum atomic E-state index is -0.138. The summed E-state index contributed by atoms with van der Waals surface area (Å²) in [5.41, 5.74) is 2.80. The van der Waals surface area contributed by atoms with E-state index >= 15 is 0 Å². The van der Waals surface area contributed by atoms with Crippen LogP contribution >= 0.6 is 11.3 Å². The molecule has 2 aromatic rings. The van der Waals surface area contributed by atoms with Crippen LogP contribution in [0.2, 0.25) is 0 Å². The molecular formula is C13H15N3OS. The molecule has 18 heavy (non-hydrogen) atoms. The molecule has 0 saturated carbocycles. The first-order valence-electron chi connectivity index (χ1n) is 5.80. The van der Waals surface area contributed by atoms with Gasteiger partial charge in [-0.25, -0.2) is 0 Å². The van der Waals surface area contributed by atoms with Crippen LogP contribution in [0.4, 0.5) is 5.13 Å². The summed E-state index contributed by atoms with van der Waals surface area (Å²) in [5, 5.41) is 12.2. The summed E-state index contributed by atoms with van der Waals surface area (Å²) in [7, 11) is 0. The Kier molecular flexibility index (Phi) is 3.72. The summed E-state index contributed by atoms with van der Waals surface area (Å²) in [6.45, 7) is 5.96. The average molecular weight is 261 g/mol. The van der Waals surface area contributed by atoms with Crippen molar-refractivity contribution in [2.45, 2.75) is 27.2 Å². The number of aryl methyl sites for hydroxylation is 3. The van der Waals surface area contributed by atoms with E-state index in [4.69, 9.17) is 0 Å². The molecule has 0 radical (unpaired) electrons. The molecule has 0 unspecified atom stereocenters. The maximum absolute atomic E-state index is 12.0. The minimum absolute atomic E-state index is 0.138. The SMILES string of the molecule is CCc1nnc(NC(=O)c2cc(C)cc(C)c2)s1. The monoisotopic (exact) mass is 261 g/mol. The molecule has 0 aliphatic heterocycles. The maximum atomic E-state index is 12.0. The van der Waals surface area contributed by atoms with E-state index in [9.17, 15) is 4.79 Å². The minimum Gasteiger partial charge on any atom is -0.296 e. The molecule has 1 heterocycles. The Bertz CT molecular complexity index is 557. The number of benzene rings is 1. The maximum Gasteiger partial charge on any atom is 0.257 e. The van der Waals surface area contributed by atoms with Gasteiger partial charge in [-0.05, 0) is 32.4 Å². The molecule has 0 saturated heterocycles. The molecule has 0 aliphatic carbocycles. The lowest BCUT2D eigenvalue weighted by atomic mass is 10.1. The van der Waals surface area contributed by atoms with E-state index in [-0.39, 0.29) is 5.91 Å². The zero-order chi connectivity index (χ0) is 13.1. The van der Waals surface area contributed by atoms with E-state index in [1.807, 2.05) is 39.0 Å². The highest BCUT2D eigenvalue weighted by Gasteiger charge is 2.10. The highest BCUT2D eigenvalue weighted by Crippen LogP contribution is 2.17. The molecule has 0 aliphatic rings. The summed E-state index contributed by atoms with van der Waals surface area (Å²) in [6.07, 6.45) is 0.830. The van der Waals surface area contributed by atoms with Crippen molar-refractivity contribution in [3.63, 3.8) is 0 Å². The molecule has 1 amide bonds. The van der Waals surface area contributed by atoms with Crippen molar-refractivity contribution in [2.24, 2.45) is 0 Å². The first-order valence-corrected chi connectivity index (χ1v) is 6.62. The van der Waals surface area contributed by atoms with Crippen molar-refractivity contribution in [1.29, 1.82) is 0 Å². The fourth-order valence-corrected chi connectivity index (χ4v) is 2.40. The number of anilines is 1. The molecule has 0 spiro atoms. The number of rotatable bonds is 3. The summed E-state index contributed by atoms with van der Waals surface area (Å²) in [5.74, 6) is -0.138. The van der Waals surface area contributed by atoms with Gasteiger partial charge in [-0.15, -0.1) is 10.2 Å². The second kappa shape index (κ2) is 5.27. The zero-order valence-electron chi connectivity index (χ0n) is 10.7. The standard InChI is InChI=1S/C13H15N3OS/c1-4-11-15-16-13(18-11)14-12(17)10-6-8(2)5-9(3)7-10/h5-7H,4H2,1-3H3,(H,14,16,17). The summed E-state index contributed by atoms with van der Waals surface area (Å²) >= 11 is 1.41. The Balaban J connectivity index is 2.16. The molecule has 94 valence electrons. The van der Waals surface area contributed by atoms with Crippen molar-refractivity contribution in [3.05, 3.63) is 39.9 Å². The number of nitrogens with one attached hydrogen (secondary N) is 1. The second-order valence-electron chi connectivity index (χ2n) is 4.19. The predicted octanol–water partition coefficient (Wildman–Crippen LogP) is 2.97. The Labute approximate surface area is 110 Å². The van der Waals surface area contributed by atoms with Gasteiger partial charge in [0.05, 0.1) is 0 Å². The third-order valence-electron chi connectivity index (χ3n) is 2.47. The van der Waals surface area contributed by atoms with Gasteiger partial charge in [-0.2, -0.15) is 0 Å². The van der Waals surface area contributed by atoms with Crippen LogP contribution in [-0.2, 0) is 6.42 Å². The third kappa shape index (κ3) is 2.92. The number of aromatic nitrogens is 2. The van der Waals surface area contributed by atoms with Gasteiger partial charge in [-0.1, -0.05) is 35.5 Å². The second-order valence-corrected chi connectivity index (χ2v) is 5.25. The molecule has 1 aromatic heterocycles. The number of nitrogens with zero attached hydrogens (tertiary/aromatic N) is 2. The molecule has 0 fully saturated rings. The Morgan fingerprint density at radius 2 is 1.89 bits per heavy atom. The first-order chi connectivity index (χ1) is 8.58. The fraction of sp³-hybridized carbons (Fsp3) is 0.308. The molecule has 1 N–H and O–H groups in total. The normalized spacial score (nSPS) is 10.4. The topological polar surface area (TPSA) is 54.9 Å². The van der Waals surface area contributed by atoms with Crippen LogP contribution in [0.1, 0.15) is 33.4 Å². The Hall–Kier alpha value is -1.75. The fourth-order valence-electron chi connectivity index (χ4n) is 1.72. The Morgan fingerprint density at radius 3 is 2.44 bits per heavy atom. The lowest BCUT2D eigenvalue weighted by molar-refractivity contribution is 0.102. The van der Waals surface area contributed by atoms with Gasteiger partial charge in [0.15, 0.2) is 0 Å². The van der Waals surface area contributed by atoms with E-state index in [1.54, 1.807) is 0 Å². The lowest BCUT2D eigenvalue weighted by Gasteiger charge is -2.04. The molecule has 5 heteroatoms. The summed E-state index contributed by atoms with van der Waals surface area (Å²) < 4.78 is 0. The number of carbonyl (C=O) groups excluding carboxylic acids is 1. The van der Waals surface area contributed by atoms with Crippen LogP contribution in [0.25, 0.3) is 0 Å². The van der Waals surface area contributed by atoms with E-state index in [1.165, 1.54) is 11.3 Å². The van der Waals surface area contributed by atoms with Crippen molar-refractivity contribution in [3.8, 4) is 0 Å². The first kappa shape index (κ1) is 12.7. The van der Waals surface area contributed by atoms with Gasteiger partial charge in [0.2, 0.25) is 5.13 Å². The molecular weight excluding hydrogens is 246 g/mol. The van der Waals surface area contributed by atoms with Gasteiger partial charge < -0.3 is 0 Å². The molecule has 1 aromatic carbocycles. The van der Waals surface area contributed by atoms with Gasteiger partial charge in [-0.3, -0.25) is 10.1 Å². The molecule has 0 bridgehead atoms. The number of hydrogen-bond acceptors (Lipinski definition) is 4. The van der Waals surface area contributed by atoms with Crippen molar-refractivity contribution in [2.75, 3.05) is 5.32 Å². The van der Waals surface area contributed by atoms with Gasteiger partial charge in [0.25, 0.3) is 5.91 Å². The van der Waals surface area contributed by atoms with Crippen molar-refractivity contribution < 1.29 is 4.79 Å². The van der Waals surface area contributed by atoms with E-state index < -0.39 is 0 Å². The highest BCUT2D eigenvalue weighted by molar-refractivity contribution is 7.15. The number of amides is 1. The Morgan fingerprint density at radius 1 is 1.22 bits per heavy atom. The van der Waals surface area contributed by atoms with E-state index in [2.05, 4.69) is 15.5 Å². The third-order valence-corrected chi connectivity index (χ3v) is 3.46.